The molecule has 0 radical (unpaired) electrons. The van der Waals surface area contributed by atoms with Gasteiger partial charge in [0.1, 0.15) is 0 Å². The van der Waals surface area contributed by atoms with Crippen LogP contribution in [0.2, 0.25) is 5.02 Å². The number of halogens is 1. The number of carbonyl (C=O) groups excluding carboxylic acids is 1. The highest BCUT2D eigenvalue weighted by atomic mass is 35.5. The van der Waals surface area contributed by atoms with Crippen molar-refractivity contribution >= 4 is 17.9 Å². The molecule has 0 saturated heterocycles. The third kappa shape index (κ3) is 1.57. The molecule has 0 spiro atoms. The summed E-state index contributed by atoms with van der Waals surface area (Å²) in [7, 11) is 0. The fourth-order valence-electron chi connectivity index (χ4n) is 1.46. The molecular weight excluding hydrogens is 228 g/mol. The summed E-state index contributed by atoms with van der Waals surface area (Å²) in [6, 6.07) is 6.95. The van der Waals surface area contributed by atoms with Gasteiger partial charge in [0, 0.05) is 0 Å². The van der Waals surface area contributed by atoms with Gasteiger partial charge in [0.25, 0.3) is 0 Å². The summed E-state index contributed by atoms with van der Waals surface area (Å²) >= 11 is 5.98. The van der Waals surface area contributed by atoms with Crippen LogP contribution in [-0.4, -0.2) is 21.2 Å². The molecule has 4 nitrogen and oxygen atoms in total. The van der Waals surface area contributed by atoms with Crippen molar-refractivity contribution in [2.24, 2.45) is 0 Å². The second-order valence-electron chi connectivity index (χ2n) is 3.30. The van der Waals surface area contributed by atoms with Gasteiger partial charge < -0.3 is 5.11 Å². The van der Waals surface area contributed by atoms with Crippen LogP contribution in [0.4, 0.5) is 0 Å². The number of aryl methyl sites for hydroxylation is 1. The van der Waals surface area contributed by atoms with Gasteiger partial charge in [0.05, 0.1) is 22.0 Å². The number of aromatic hydroxyl groups is 1. The molecule has 1 N–H and O–H groups in total. The van der Waals surface area contributed by atoms with Crippen LogP contribution in [-0.2, 0) is 0 Å². The minimum absolute atomic E-state index is 0.180. The van der Waals surface area contributed by atoms with Crippen molar-refractivity contribution in [3.05, 3.63) is 40.5 Å². The third-order valence-electron chi connectivity index (χ3n) is 2.28. The predicted molar refractivity (Wildman–Crippen MR) is 60.4 cm³/mol. The number of carbonyl (C=O) groups is 1. The zero-order chi connectivity index (χ0) is 11.7. The summed E-state index contributed by atoms with van der Waals surface area (Å²) in [5.41, 5.74) is 1.19. The summed E-state index contributed by atoms with van der Waals surface area (Å²) < 4.78 is 1.25. The lowest BCUT2D eigenvalue weighted by atomic mass is 10.3. The van der Waals surface area contributed by atoms with Crippen molar-refractivity contribution in [3.63, 3.8) is 0 Å². The summed E-state index contributed by atoms with van der Waals surface area (Å²) in [6.45, 7) is 1.65. The van der Waals surface area contributed by atoms with Crippen molar-refractivity contribution in [3.8, 4) is 11.6 Å². The number of para-hydroxylation sites is 1. The van der Waals surface area contributed by atoms with E-state index in [1.165, 1.54) is 4.68 Å². The van der Waals surface area contributed by atoms with Crippen molar-refractivity contribution < 1.29 is 9.90 Å². The minimum atomic E-state index is -0.194. The van der Waals surface area contributed by atoms with E-state index in [2.05, 4.69) is 5.10 Å². The van der Waals surface area contributed by atoms with E-state index >= 15 is 0 Å². The van der Waals surface area contributed by atoms with E-state index in [9.17, 15) is 9.90 Å². The van der Waals surface area contributed by atoms with E-state index in [-0.39, 0.29) is 11.4 Å². The van der Waals surface area contributed by atoms with Gasteiger partial charge in [0.2, 0.25) is 5.88 Å². The maximum Gasteiger partial charge on any atom is 0.225 e. The highest BCUT2D eigenvalue weighted by Gasteiger charge is 2.15. The molecule has 0 aliphatic rings. The van der Waals surface area contributed by atoms with Crippen molar-refractivity contribution in [1.29, 1.82) is 0 Å². The molecule has 0 aliphatic carbocycles. The highest BCUT2D eigenvalue weighted by molar-refractivity contribution is 6.32. The van der Waals surface area contributed by atoms with Crippen LogP contribution in [0.25, 0.3) is 5.69 Å². The first-order chi connectivity index (χ1) is 7.65. The lowest BCUT2D eigenvalue weighted by Gasteiger charge is -2.04. The minimum Gasteiger partial charge on any atom is -0.493 e. The zero-order valence-corrected chi connectivity index (χ0v) is 9.27. The molecule has 2 rings (SSSR count). The van der Waals surface area contributed by atoms with Gasteiger partial charge in [-0.15, -0.1) is 0 Å². The summed E-state index contributed by atoms with van der Waals surface area (Å²) in [6.07, 6.45) is 0.574. The Balaban J connectivity index is 2.66. The van der Waals surface area contributed by atoms with Crippen LogP contribution < -0.4 is 0 Å². The largest absolute Gasteiger partial charge is 0.493 e. The first-order valence-corrected chi connectivity index (χ1v) is 5.01. The Morgan fingerprint density at radius 1 is 1.44 bits per heavy atom. The molecule has 0 fully saturated rings. The molecule has 0 unspecified atom stereocenters. The van der Waals surface area contributed by atoms with Crippen LogP contribution in [0.15, 0.2) is 24.3 Å². The molecule has 82 valence electrons. The average Bonchev–Trinajstić information content (AvgIpc) is 2.55. The molecule has 16 heavy (non-hydrogen) atoms. The highest BCUT2D eigenvalue weighted by Crippen LogP contribution is 2.27. The Bertz CT molecular complexity index is 549. The third-order valence-corrected chi connectivity index (χ3v) is 2.60. The van der Waals surface area contributed by atoms with Gasteiger partial charge in [-0.3, -0.25) is 4.79 Å². The molecule has 0 bridgehead atoms. The molecule has 1 aromatic heterocycles. The lowest BCUT2D eigenvalue weighted by Crippen LogP contribution is -1.96. The van der Waals surface area contributed by atoms with Crippen molar-refractivity contribution in [2.75, 3.05) is 0 Å². The van der Waals surface area contributed by atoms with Gasteiger partial charge in [-0.05, 0) is 19.1 Å². The van der Waals surface area contributed by atoms with Crippen LogP contribution in [0.3, 0.4) is 0 Å². The second kappa shape index (κ2) is 3.98. The average molecular weight is 237 g/mol. The van der Waals surface area contributed by atoms with E-state index in [0.717, 1.165) is 0 Å². The van der Waals surface area contributed by atoms with Crippen LogP contribution in [0.5, 0.6) is 5.88 Å². The van der Waals surface area contributed by atoms with E-state index < -0.39 is 0 Å². The lowest BCUT2D eigenvalue weighted by molar-refractivity contribution is 0.112. The number of aromatic nitrogens is 2. The number of nitrogens with zero attached hydrogens (tertiary/aromatic N) is 2. The Hall–Kier alpha value is -1.81. The summed E-state index contributed by atoms with van der Waals surface area (Å²) in [5.74, 6) is -0.194. The molecule has 1 aromatic carbocycles. The first-order valence-electron chi connectivity index (χ1n) is 4.64. The van der Waals surface area contributed by atoms with Gasteiger partial charge in [-0.1, -0.05) is 23.7 Å². The molecule has 0 saturated carbocycles. The molecule has 0 atom stereocenters. The van der Waals surface area contributed by atoms with Gasteiger partial charge >= 0.3 is 0 Å². The number of benzene rings is 1. The van der Waals surface area contributed by atoms with E-state index in [4.69, 9.17) is 11.6 Å². The fraction of sp³-hybridized carbons (Fsp3) is 0.0909. The Morgan fingerprint density at radius 2 is 2.12 bits per heavy atom. The van der Waals surface area contributed by atoms with Gasteiger partial charge in [-0.25, -0.2) is 0 Å². The fourth-order valence-corrected chi connectivity index (χ4v) is 1.67. The van der Waals surface area contributed by atoms with E-state index in [0.29, 0.717) is 22.7 Å². The first kappa shape index (κ1) is 10.7. The SMILES string of the molecule is Cc1nn(-c2ccccc2Cl)c(O)c1C=O. The molecule has 2 aromatic rings. The number of rotatable bonds is 2. The Morgan fingerprint density at radius 3 is 2.69 bits per heavy atom. The maximum atomic E-state index is 10.7. The van der Waals surface area contributed by atoms with Crippen LogP contribution in [0, 0.1) is 6.92 Å². The smallest absolute Gasteiger partial charge is 0.225 e. The van der Waals surface area contributed by atoms with Crippen LogP contribution >= 0.6 is 11.6 Å². The predicted octanol–water partition coefficient (Wildman–Crippen LogP) is 2.35. The topological polar surface area (TPSA) is 55.1 Å². The van der Waals surface area contributed by atoms with Crippen LogP contribution in [0.1, 0.15) is 16.1 Å². The van der Waals surface area contributed by atoms with Gasteiger partial charge in [-0.2, -0.15) is 9.78 Å². The molecular formula is C11H9ClN2O2. The zero-order valence-electron chi connectivity index (χ0n) is 8.51. The summed E-state index contributed by atoms with van der Waals surface area (Å²) in [4.78, 5) is 10.7. The summed E-state index contributed by atoms with van der Waals surface area (Å²) in [5, 5.41) is 14.3. The normalized spacial score (nSPS) is 10.4. The number of hydrogen-bond acceptors (Lipinski definition) is 3. The quantitative estimate of drug-likeness (QED) is 0.815. The Labute approximate surface area is 97.1 Å². The molecule has 0 aliphatic heterocycles. The standard InChI is InChI=1S/C11H9ClN2O2/c1-7-8(6-15)11(16)14(13-7)10-5-3-2-4-9(10)12/h2-6,16H,1H3. The van der Waals surface area contributed by atoms with E-state index in [1.54, 1.807) is 31.2 Å². The van der Waals surface area contributed by atoms with Crippen molar-refractivity contribution in [1.82, 2.24) is 9.78 Å². The monoisotopic (exact) mass is 236 g/mol. The van der Waals surface area contributed by atoms with Crippen molar-refractivity contribution in [2.45, 2.75) is 6.92 Å². The van der Waals surface area contributed by atoms with Gasteiger partial charge in [0.15, 0.2) is 6.29 Å². The number of hydrogen-bond donors (Lipinski definition) is 1. The maximum absolute atomic E-state index is 10.7. The Kier molecular flexibility index (Phi) is 2.66. The van der Waals surface area contributed by atoms with E-state index in [1.807, 2.05) is 0 Å². The molecule has 5 heteroatoms. The number of aldehydes is 1. The molecule has 0 amide bonds. The second-order valence-corrected chi connectivity index (χ2v) is 3.71. The molecule has 1 heterocycles.